The number of rotatable bonds is 4. The lowest BCUT2D eigenvalue weighted by atomic mass is 10.0. The van der Waals surface area contributed by atoms with E-state index >= 15 is 0 Å². The van der Waals surface area contributed by atoms with Gasteiger partial charge in [-0.1, -0.05) is 13.8 Å². The van der Waals surface area contributed by atoms with E-state index in [1.165, 1.54) is 12.8 Å². The van der Waals surface area contributed by atoms with Crippen LogP contribution in [0.3, 0.4) is 0 Å². The van der Waals surface area contributed by atoms with Gasteiger partial charge in [-0.05, 0) is 18.8 Å². The minimum atomic E-state index is -2.90. The van der Waals surface area contributed by atoms with Gasteiger partial charge in [-0.2, -0.15) is 0 Å². The summed E-state index contributed by atoms with van der Waals surface area (Å²) in [7, 11) is -1.15. The van der Waals surface area contributed by atoms with Crippen LogP contribution in [0, 0.1) is 5.92 Å². The first-order valence-electron chi connectivity index (χ1n) is 6.64. The van der Waals surface area contributed by atoms with E-state index in [0.717, 1.165) is 19.0 Å². The quantitative estimate of drug-likeness (QED) is 0.437. The highest BCUT2D eigenvalue weighted by atomic mass is 127. The Balaban J connectivity index is 0.00000324. The largest absolute Gasteiger partial charge is 0.355 e. The van der Waals surface area contributed by atoms with Gasteiger partial charge >= 0.3 is 0 Å². The Morgan fingerprint density at radius 1 is 1.47 bits per heavy atom. The summed E-state index contributed by atoms with van der Waals surface area (Å²) in [6, 6.07) is 0. The summed E-state index contributed by atoms with van der Waals surface area (Å²) in [5, 5.41) is 3.15. The zero-order valence-electron chi connectivity index (χ0n) is 12.1. The second kappa shape index (κ2) is 8.99. The van der Waals surface area contributed by atoms with Crippen LogP contribution >= 0.6 is 24.0 Å². The third-order valence-corrected chi connectivity index (χ3v) is 5.01. The molecule has 0 aromatic carbocycles. The van der Waals surface area contributed by atoms with Crippen molar-refractivity contribution in [3.63, 3.8) is 0 Å². The molecule has 19 heavy (non-hydrogen) atoms. The number of sulfone groups is 1. The topological polar surface area (TPSA) is 61.8 Å². The maximum atomic E-state index is 11.4. The Morgan fingerprint density at radius 3 is 2.68 bits per heavy atom. The molecule has 1 aliphatic heterocycles. The van der Waals surface area contributed by atoms with E-state index < -0.39 is 9.84 Å². The predicted octanol–water partition coefficient (Wildman–Crippen LogP) is 1.35. The van der Waals surface area contributed by atoms with E-state index in [4.69, 9.17) is 0 Å². The Hall–Kier alpha value is -0.0500. The van der Waals surface area contributed by atoms with Crippen molar-refractivity contribution >= 4 is 39.8 Å². The maximum Gasteiger partial charge on any atom is 0.193 e. The van der Waals surface area contributed by atoms with Crippen LogP contribution in [-0.4, -0.2) is 57.5 Å². The van der Waals surface area contributed by atoms with Crippen molar-refractivity contribution in [2.24, 2.45) is 10.9 Å². The highest BCUT2D eigenvalue weighted by Crippen LogP contribution is 2.15. The molecule has 1 aliphatic rings. The first-order chi connectivity index (χ1) is 8.48. The van der Waals surface area contributed by atoms with Crippen molar-refractivity contribution in [3.05, 3.63) is 0 Å². The van der Waals surface area contributed by atoms with Crippen LogP contribution < -0.4 is 5.32 Å². The van der Waals surface area contributed by atoms with E-state index in [1.54, 1.807) is 14.0 Å². The zero-order valence-corrected chi connectivity index (χ0v) is 15.2. The number of guanidine groups is 1. The summed E-state index contributed by atoms with van der Waals surface area (Å²) >= 11 is 0. The third kappa shape index (κ3) is 6.78. The minimum Gasteiger partial charge on any atom is -0.355 e. The summed E-state index contributed by atoms with van der Waals surface area (Å²) in [6.45, 7) is 6.36. The Labute approximate surface area is 134 Å². The molecule has 1 N–H and O–H groups in total. The number of nitrogens with zero attached hydrogens (tertiary/aromatic N) is 2. The van der Waals surface area contributed by atoms with Crippen molar-refractivity contribution in [3.8, 4) is 0 Å². The van der Waals surface area contributed by atoms with Crippen molar-refractivity contribution in [2.75, 3.05) is 38.2 Å². The number of likely N-dealkylation sites (tertiary alicyclic amines) is 1. The lowest BCUT2D eigenvalue weighted by Gasteiger charge is -2.33. The van der Waals surface area contributed by atoms with Crippen molar-refractivity contribution in [2.45, 2.75) is 26.7 Å². The molecule has 0 spiro atoms. The summed E-state index contributed by atoms with van der Waals surface area (Å²) in [5.41, 5.74) is 0. The molecule has 0 radical (unpaired) electrons. The highest BCUT2D eigenvalue weighted by molar-refractivity contribution is 14.0. The van der Waals surface area contributed by atoms with Gasteiger partial charge in [-0.15, -0.1) is 24.0 Å². The lowest BCUT2D eigenvalue weighted by molar-refractivity contribution is 0.266. The Bertz CT molecular complexity index is 384. The molecule has 1 rings (SSSR count). The standard InChI is InChI=1S/C12H25N3O2S.HI/c1-4-18(16,17)9-7-14-12(13-3)15-8-5-6-11(2)10-15;/h11H,4-10H2,1-3H3,(H,13,14);1H. The number of halogens is 1. The fraction of sp³-hybridized carbons (Fsp3) is 0.917. The Morgan fingerprint density at radius 2 is 2.16 bits per heavy atom. The summed E-state index contributed by atoms with van der Waals surface area (Å²) in [5.74, 6) is 1.88. The molecule has 1 saturated heterocycles. The fourth-order valence-electron chi connectivity index (χ4n) is 2.18. The van der Waals surface area contributed by atoms with Gasteiger partial charge in [-0.3, -0.25) is 4.99 Å². The molecule has 0 bridgehead atoms. The third-order valence-electron chi connectivity index (χ3n) is 3.30. The van der Waals surface area contributed by atoms with Crippen LogP contribution in [0.25, 0.3) is 0 Å². The molecule has 1 unspecified atom stereocenters. The second-order valence-electron chi connectivity index (χ2n) is 4.90. The van der Waals surface area contributed by atoms with Crippen molar-refractivity contribution < 1.29 is 8.42 Å². The number of aliphatic imine (C=N–C) groups is 1. The molecular formula is C12H26IN3O2S. The van der Waals surface area contributed by atoms with Gasteiger partial charge in [0.05, 0.1) is 5.75 Å². The number of hydrogen-bond acceptors (Lipinski definition) is 3. The second-order valence-corrected chi connectivity index (χ2v) is 7.38. The van der Waals surface area contributed by atoms with Crippen LogP contribution in [0.4, 0.5) is 0 Å². The summed E-state index contributed by atoms with van der Waals surface area (Å²) in [6.07, 6.45) is 2.44. The van der Waals surface area contributed by atoms with Gasteiger partial charge < -0.3 is 10.2 Å². The molecule has 1 fully saturated rings. The monoisotopic (exact) mass is 403 g/mol. The SMILES string of the molecule is CCS(=O)(=O)CCNC(=NC)N1CCCC(C)C1.I. The van der Waals surface area contributed by atoms with E-state index in [9.17, 15) is 8.42 Å². The van der Waals surface area contributed by atoms with Gasteiger partial charge in [0.2, 0.25) is 0 Å². The van der Waals surface area contributed by atoms with Gasteiger partial charge in [0.1, 0.15) is 0 Å². The fourth-order valence-corrected chi connectivity index (χ4v) is 2.88. The van der Waals surface area contributed by atoms with E-state index in [-0.39, 0.29) is 35.5 Å². The molecule has 5 nitrogen and oxygen atoms in total. The predicted molar refractivity (Wildman–Crippen MR) is 91.1 cm³/mol. The number of nitrogens with one attached hydrogen (secondary N) is 1. The van der Waals surface area contributed by atoms with Crippen LogP contribution in [-0.2, 0) is 9.84 Å². The molecule has 1 atom stereocenters. The molecule has 0 aromatic rings. The van der Waals surface area contributed by atoms with Crippen molar-refractivity contribution in [1.82, 2.24) is 10.2 Å². The minimum absolute atomic E-state index is 0. The van der Waals surface area contributed by atoms with Crippen LogP contribution in [0.2, 0.25) is 0 Å². The van der Waals surface area contributed by atoms with Gasteiger partial charge in [0.15, 0.2) is 15.8 Å². The molecule has 1 heterocycles. The Kier molecular flexibility index (Phi) is 8.97. The van der Waals surface area contributed by atoms with Crippen LogP contribution in [0.15, 0.2) is 4.99 Å². The molecule has 0 saturated carbocycles. The average Bonchev–Trinajstić information content (AvgIpc) is 2.34. The molecule has 0 amide bonds. The summed E-state index contributed by atoms with van der Waals surface area (Å²) in [4.78, 5) is 6.44. The average molecular weight is 403 g/mol. The first kappa shape index (κ1) is 18.9. The first-order valence-corrected chi connectivity index (χ1v) is 8.46. The lowest BCUT2D eigenvalue weighted by Crippen LogP contribution is -2.47. The molecule has 0 aliphatic carbocycles. The zero-order chi connectivity index (χ0) is 13.6. The summed E-state index contributed by atoms with van der Waals surface area (Å²) < 4.78 is 22.8. The molecular weight excluding hydrogens is 377 g/mol. The number of hydrogen-bond donors (Lipinski definition) is 1. The van der Waals surface area contributed by atoms with Crippen LogP contribution in [0.1, 0.15) is 26.7 Å². The van der Waals surface area contributed by atoms with E-state index in [1.807, 2.05) is 0 Å². The van der Waals surface area contributed by atoms with E-state index in [0.29, 0.717) is 12.5 Å². The maximum absolute atomic E-state index is 11.4. The van der Waals surface area contributed by atoms with E-state index in [2.05, 4.69) is 22.1 Å². The molecule has 0 aromatic heterocycles. The highest BCUT2D eigenvalue weighted by Gasteiger charge is 2.19. The normalized spacial score (nSPS) is 20.9. The smallest absolute Gasteiger partial charge is 0.193 e. The van der Waals surface area contributed by atoms with Gasteiger partial charge in [-0.25, -0.2) is 8.42 Å². The van der Waals surface area contributed by atoms with Gasteiger partial charge in [0.25, 0.3) is 0 Å². The van der Waals surface area contributed by atoms with Crippen LogP contribution in [0.5, 0.6) is 0 Å². The molecule has 114 valence electrons. The van der Waals surface area contributed by atoms with Gasteiger partial charge in [0, 0.05) is 32.4 Å². The number of piperidine rings is 1. The molecule has 7 heteroatoms. The van der Waals surface area contributed by atoms with Crippen molar-refractivity contribution in [1.29, 1.82) is 0 Å².